The number of carbonyl (C=O) groups is 2. The summed E-state index contributed by atoms with van der Waals surface area (Å²) in [6.07, 6.45) is 4.73. The molecule has 0 aliphatic carbocycles. The van der Waals surface area contributed by atoms with Crippen LogP contribution in [-0.4, -0.2) is 50.6 Å². The molecular formula is C24H29N3O2+2. The Morgan fingerprint density at radius 2 is 1.76 bits per heavy atom. The first kappa shape index (κ1) is 19.6. The summed E-state index contributed by atoms with van der Waals surface area (Å²) in [5, 5.41) is 0. The monoisotopic (exact) mass is 391 g/mol. The van der Waals surface area contributed by atoms with Gasteiger partial charge in [-0.05, 0) is 36.3 Å². The molecule has 2 aliphatic rings. The average Bonchev–Trinajstić information content (AvgIpc) is 3.03. The second-order valence-electron chi connectivity index (χ2n) is 8.09. The number of aryl methyl sites for hydroxylation is 1. The van der Waals surface area contributed by atoms with E-state index in [0.717, 1.165) is 38.3 Å². The number of hydrogen-bond acceptors (Lipinski definition) is 2. The van der Waals surface area contributed by atoms with Crippen molar-refractivity contribution in [2.24, 2.45) is 0 Å². The molecule has 0 radical (unpaired) electrons. The van der Waals surface area contributed by atoms with Gasteiger partial charge < -0.3 is 9.80 Å². The minimum Gasteiger partial charge on any atom is -0.322 e. The Hall–Kier alpha value is -2.76. The summed E-state index contributed by atoms with van der Waals surface area (Å²) in [6, 6.07) is 17.7. The maximum absolute atomic E-state index is 13.0. The van der Waals surface area contributed by atoms with Gasteiger partial charge in [-0.2, -0.15) is 0 Å². The van der Waals surface area contributed by atoms with E-state index < -0.39 is 0 Å². The van der Waals surface area contributed by atoms with E-state index in [-0.39, 0.29) is 17.9 Å². The van der Waals surface area contributed by atoms with E-state index in [1.807, 2.05) is 37.3 Å². The molecular weight excluding hydrogens is 362 g/mol. The molecule has 2 aliphatic heterocycles. The summed E-state index contributed by atoms with van der Waals surface area (Å²) >= 11 is 0. The lowest BCUT2D eigenvalue weighted by atomic mass is 10.1. The van der Waals surface area contributed by atoms with Crippen LogP contribution in [0.5, 0.6) is 0 Å². The van der Waals surface area contributed by atoms with Crippen molar-refractivity contribution in [2.75, 3.05) is 37.6 Å². The van der Waals surface area contributed by atoms with Crippen molar-refractivity contribution in [3.8, 4) is 0 Å². The summed E-state index contributed by atoms with van der Waals surface area (Å²) < 4.78 is 0. The van der Waals surface area contributed by atoms with E-state index in [9.17, 15) is 9.59 Å². The molecule has 2 aromatic rings. The van der Waals surface area contributed by atoms with E-state index in [1.165, 1.54) is 20.3 Å². The molecule has 0 bridgehead atoms. The molecule has 4 rings (SSSR count). The Morgan fingerprint density at radius 3 is 2.48 bits per heavy atom. The van der Waals surface area contributed by atoms with Crippen LogP contribution in [-0.2, 0) is 9.59 Å². The Bertz CT molecular complexity index is 901. The van der Waals surface area contributed by atoms with Crippen molar-refractivity contribution >= 4 is 23.6 Å². The van der Waals surface area contributed by atoms with Gasteiger partial charge in [-0.25, -0.2) is 4.90 Å². The minimum absolute atomic E-state index is 0.0389. The van der Waals surface area contributed by atoms with Gasteiger partial charge in [-0.15, -0.1) is 0 Å². The van der Waals surface area contributed by atoms with E-state index in [0.29, 0.717) is 12.1 Å². The Labute approximate surface area is 172 Å². The summed E-state index contributed by atoms with van der Waals surface area (Å²) in [6.45, 7) is 6.88. The smallest absolute Gasteiger partial charge is 0.292 e. The van der Waals surface area contributed by atoms with E-state index in [4.69, 9.17) is 0 Å². The molecule has 0 unspecified atom stereocenters. The summed E-state index contributed by atoms with van der Waals surface area (Å²) in [4.78, 5) is 29.8. The fourth-order valence-corrected chi connectivity index (χ4v) is 4.39. The van der Waals surface area contributed by atoms with Gasteiger partial charge in [0.2, 0.25) is 5.91 Å². The van der Waals surface area contributed by atoms with Crippen LogP contribution >= 0.6 is 0 Å². The molecule has 2 saturated heterocycles. The first-order chi connectivity index (χ1) is 14.1. The first-order valence-corrected chi connectivity index (χ1v) is 10.4. The second-order valence-corrected chi connectivity index (χ2v) is 8.09. The first-order valence-electron chi connectivity index (χ1n) is 10.4. The molecule has 0 spiro atoms. The Morgan fingerprint density at radius 1 is 1.00 bits per heavy atom. The van der Waals surface area contributed by atoms with Crippen molar-refractivity contribution in [1.29, 1.82) is 0 Å². The zero-order chi connectivity index (χ0) is 20.2. The van der Waals surface area contributed by atoms with Crippen LogP contribution < -0.4 is 14.7 Å². The zero-order valence-electron chi connectivity index (χ0n) is 16.9. The highest BCUT2D eigenvalue weighted by molar-refractivity contribution is 6.21. The van der Waals surface area contributed by atoms with Gasteiger partial charge >= 0.3 is 0 Å². The standard InChI is InChI=1S/C24H27N3O2/c1-19-7-5-11-21(17-19)27-23(28)18-22(24(27)29)26-15-13-25(14-16-26)12-6-10-20-8-3-2-4-9-20/h2-11,17,22H,12-16,18H2,1H3/p+2/b10-6+/t22-/m1/s1. The Balaban J connectivity index is 1.32. The van der Waals surface area contributed by atoms with Crippen LogP contribution in [0.1, 0.15) is 17.5 Å². The highest BCUT2D eigenvalue weighted by atomic mass is 16.2. The molecule has 150 valence electrons. The summed E-state index contributed by atoms with van der Waals surface area (Å²) in [5.74, 6) is -0.110. The number of rotatable bonds is 5. The van der Waals surface area contributed by atoms with Gasteiger partial charge in [0, 0.05) is 0 Å². The van der Waals surface area contributed by atoms with Crippen molar-refractivity contribution < 1.29 is 19.4 Å². The molecule has 2 aromatic carbocycles. The number of quaternary nitrogens is 2. The number of carbonyl (C=O) groups excluding carboxylic acids is 2. The van der Waals surface area contributed by atoms with Crippen molar-refractivity contribution in [3.63, 3.8) is 0 Å². The van der Waals surface area contributed by atoms with E-state index in [1.54, 1.807) is 0 Å². The molecule has 2 N–H and O–H groups in total. The molecule has 5 heteroatoms. The number of amides is 2. The van der Waals surface area contributed by atoms with Crippen LogP contribution in [0, 0.1) is 6.92 Å². The van der Waals surface area contributed by atoms with E-state index >= 15 is 0 Å². The number of piperazine rings is 1. The average molecular weight is 392 g/mol. The lowest BCUT2D eigenvalue weighted by molar-refractivity contribution is -1.02. The molecule has 2 fully saturated rings. The van der Waals surface area contributed by atoms with Crippen molar-refractivity contribution in [2.45, 2.75) is 19.4 Å². The van der Waals surface area contributed by atoms with Crippen molar-refractivity contribution in [1.82, 2.24) is 0 Å². The van der Waals surface area contributed by atoms with Gasteiger partial charge in [0.05, 0.1) is 18.7 Å². The minimum atomic E-state index is -0.232. The summed E-state index contributed by atoms with van der Waals surface area (Å²) in [7, 11) is 0. The Kier molecular flexibility index (Phi) is 5.88. The maximum atomic E-state index is 13.0. The van der Waals surface area contributed by atoms with Gasteiger partial charge in [-0.3, -0.25) is 9.59 Å². The molecule has 29 heavy (non-hydrogen) atoms. The predicted octanol–water partition coefficient (Wildman–Crippen LogP) is 0.124. The number of hydrogen-bond donors (Lipinski definition) is 2. The van der Waals surface area contributed by atoms with E-state index in [2.05, 4.69) is 36.4 Å². The summed E-state index contributed by atoms with van der Waals surface area (Å²) in [5.41, 5.74) is 2.99. The number of nitrogens with one attached hydrogen (secondary N) is 2. The van der Waals surface area contributed by atoms with Gasteiger partial charge in [0.15, 0.2) is 6.04 Å². The van der Waals surface area contributed by atoms with Crippen LogP contribution in [0.15, 0.2) is 60.7 Å². The largest absolute Gasteiger partial charge is 0.322 e. The topological polar surface area (TPSA) is 46.3 Å². The highest BCUT2D eigenvalue weighted by Crippen LogP contribution is 2.22. The molecule has 5 nitrogen and oxygen atoms in total. The third-order valence-electron chi connectivity index (χ3n) is 6.02. The zero-order valence-corrected chi connectivity index (χ0v) is 16.9. The van der Waals surface area contributed by atoms with Crippen LogP contribution in [0.25, 0.3) is 6.08 Å². The van der Waals surface area contributed by atoms with Crippen LogP contribution in [0.3, 0.4) is 0 Å². The number of benzene rings is 2. The normalized spacial score (nSPS) is 25.1. The molecule has 0 saturated carbocycles. The lowest BCUT2D eigenvalue weighted by Crippen LogP contribution is -3.30. The lowest BCUT2D eigenvalue weighted by Gasteiger charge is -2.31. The number of imide groups is 1. The third kappa shape index (κ3) is 4.47. The fraction of sp³-hybridized carbons (Fsp3) is 0.333. The molecule has 2 heterocycles. The maximum Gasteiger partial charge on any atom is 0.292 e. The molecule has 2 amide bonds. The number of nitrogens with zero attached hydrogens (tertiary/aromatic N) is 1. The van der Waals surface area contributed by atoms with Crippen LogP contribution in [0.4, 0.5) is 5.69 Å². The molecule has 1 atom stereocenters. The molecule has 0 aromatic heterocycles. The fourth-order valence-electron chi connectivity index (χ4n) is 4.39. The second kappa shape index (κ2) is 8.72. The van der Waals surface area contributed by atoms with Gasteiger partial charge in [-0.1, -0.05) is 48.5 Å². The van der Waals surface area contributed by atoms with Gasteiger partial charge in [0.25, 0.3) is 5.91 Å². The SMILES string of the molecule is Cc1cccc(N2C(=O)C[C@@H]([NH+]3CC[NH+](C/C=C/c4ccccc4)CC3)C2=O)c1. The third-order valence-corrected chi connectivity index (χ3v) is 6.02. The highest BCUT2D eigenvalue weighted by Gasteiger charge is 2.46. The number of anilines is 1. The quantitative estimate of drug-likeness (QED) is 0.712. The predicted molar refractivity (Wildman–Crippen MR) is 114 cm³/mol. The van der Waals surface area contributed by atoms with Crippen molar-refractivity contribution in [3.05, 3.63) is 71.8 Å². The van der Waals surface area contributed by atoms with Crippen LogP contribution in [0.2, 0.25) is 0 Å². The van der Waals surface area contributed by atoms with Gasteiger partial charge in [0.1, 0.15) is 26.2 Å².